The molecule has 0 spiro atoms. The van der Waals surface area contributed by atoms with E-state index in [0.717, 1.165) is 61.2 Å². The van der Waals surface area contributed by atoms with Gasteiger partial charge in [0.05, 0.1) is 18.3 Å². The first-order chi connectivity index (χ1) is 15.0. The van der Waals surface area contributed by atoms with Crippen LogP contribution in [0.2, 0.25) is 5.02 Å². The number of carbonyl (C=O) groups is 1. The number of rotatable bonds is 3. The summed E-state index contributed by atoms with van der Waals surface area (Å²) in [5, 5.41) is 1.45. The topological polar surface area (TPSA) is 58.4 Å². The van der Waals surface area contributed by atoms with E-state index in [1.54, 1.807) is 29.2 Å². The van der Waals surface area contributed by atoms with Crippen LogP contribution in [0.15, 0.2) is 35.4 Å². The van der Waals surface area contributed by atoms with Gasteiger partial charge in [-0.25, -0.2) is 4.98 Å². The Kier molecular flexibility index (Phi) is 5.58. The van der Waals surface area contributed by atoms with Crippen LogP contribution in [-0.2, 0) is 24.2 Å². The van der Waals surface area contributed by atoms with Crippen LogP contribution in [0.1, 0.15) is 29.3 Å². The number of benzene rings is 1. The molecule has 1 aliphatic carbocycles. The third-order valence-corrected chi connectivity index (χ3v) is 8.12. The molecule has 1 atom stereocenters. The predicted molar refractivity (Wildman–Crippen MR) is 124 cm³/mol. The zero-order chi connectivity index (χ0) is 21.5. The highest BCUT2D eigenvalue weighted by atomic mass is 35.5. The van der Waals surface area contributed by atoms with Crippen LogP contribution in [-0.4, -0.2) is 57.5 Å². The molecule has 1 saturated heterocycles. The summed E-state index contributed by atoms with van der Waals surface area (Å²) in [5.74, 6) is 0.161. The van der Waals surface area contributed by atoms with Crippen molar-refractivity contribution < 1.29 is 4.79 Å². The van der Waals surface area contributed by atoms with Crippen molar-refractivity contribution in [2.45, 2.75) is 38.8 Å². The van der Waals surface area contributed by atoms with Crippen LogP contribution in [0.25, 0.3) is 10.2 Å². The van der Waals surface area contributed by atoms with Crippen molar-refractivity contribution in [3.05, 3.63) is 62.0 Å². The number of nitrogens with zero attached hydrogens (tertiary/aromatic N) is 4. The summed E-state index contributed by atoms with van der Waals surface area (Å²) in [6.45, 7) is 5.53. The second-order valence-electron chi connectivity index (χ2n) is 8.39. The van der Waals surface area contributed by atoms with Crippen LogP contribution in [0.3, 0.4) is 0 Å². The molecule has 1 aliphatic heterocycles. The van der Waals surface area contributed by atoms with E-state index in [-0.39, 0.29) is 11.5 Å². The van der Waals surface area contributed by atoms with Gasteiger partial charge in [-0.15, -0.1) is 11.3 Å². The Morgan fingerprint density at radius 1 is 1.23 bits per heavy atom. The highest BCUT2D eigenvalue weighted by molar-refractivity contribution is 7.18. The Morgan fingerprint density at radius 2 is 2.00 bits per heavy atom. The van der Waals surface area contributed by atoms with Gasteiger partial charge in [-0.05, 0) is 36.5 Å². The molecule has 0 N–H and O–H groups in total. The van der Waals surface area contributed by atoms with E-state index in [1.807, 2.05) is 29.2 Å². The van der Waals surface area contributed by atoms with Gasteiger partial charge in [0.15, 0.2) is 0 Å². The maximum atomic E-state index is 13.3. The lowest BCUT2D eigenvalue weighted by molar-refractivity contribution is -0.130. The van der Waals surface area contributed by atoms with Gasteiger partial charge < -0.3 is 4.90 Å². The normalized spacial score (nSPS) is 19.5. The maximum Gasteiger partial charge on any atom is 0.262 e. The van der Waals surface area contributed by atoms with E-state index in [9.17, 15) is 9.59 Å². The molecule has 0 saturated carbocycles. The van der Waals surface area contributed by atoms with E-state index in [1.165, 1.54) is 10.4 Å². The summed E-state index contributed by atoms with van der Waals surface area (Å²) < 4.78 is 1.67. The molecule has 2 aliphatic rings. The summed E-state index contributed by atoms with van der Waals surface area (Å²) in [7, 11) is 0. The van der Waals surface area contributed by atoms with Crippen molar-refractivity contribution in [3.63, 3.8) is 0 Å². The molecule has 0 bridgehead atoms. The molecule has 6 nitrogen and oxygen atoms in total. The molecular formula is C23H25ClN4O2S. The number of hydrogen-bond acceptors (Lipinski definition) is 5. The minimum Gasteiger partial charge on any atom is -0.340 e. The summed E-state index contributed by atoms with van der Waals surface area (Å²) in [6.07, 6.45) is 4.55. The smallest absolute Gasteiger partial charge is 0.262 e. The van der Waals surface area contributed by atoms with E-state index in [2.05, 4.69) is 9.88 Å². The maximum absolute atomic E-state index is 13.3. The molecule has 8 heteroatoms. The molecule has 3 aromatic rings. The van der Waals surface area contributed by atoms with Crippen molar-refractivity contribution >= 4 is 39.1 Å². The Hall–Kier alpha value is -2.22. The standard InChI is InChI=1S/C23H25ClN4O2S/c1-15(29)26-8-10-27(11-9-26)17-6-7-18-20(12-17)31-22-21(18)23(30)28(14-25-22)13-16-4-2-3-5-19(16)24/h2-5,14,17H,6-13H2,1H3/t17-/m0/s1. The lowest BCUT2D eigenvalue weighted by Gasteiger charge is -2.40. The average Bonchev–Trinajstić information content (AvgIpc) is 3.15. The Morgan fingerprint density at radius 3 is 2.74 bits per heavy atom. The molecule has 1 amide bonds. The van der Waals surface area contributed by atoms with E-state index >= 15 is 0 Å². The zero-order valence-electron chi connectivity index (χ0n) is 17.5. The molecule has 0 radical (unpaired) electrons. The molecular weight excluding hydrogens is 432 g/mol. The van der Waals surface area contributed by atoms with Gasteiger partial charge in [0, 0.05) is 49.0 Å². The first kappa shape index (κ1) is 20.7. The van der Waals surface area contributed by atoms with E-state index < -0.39 is 0 Å². The number of hydrogen-bond donors (Lipinski definition) is 0. The lowest BCUT2D eigenvalue weighted by atomic mass is 9.91. The Labute approximate surface area is 190 Å². The van der Waals surface area contributed by atoms with Gasteiger partial charge >= 0.3 is 0 Å². The minimum atomic E-state index is 0.0240. The number of piperazine rings is 1. The van der Waals surface area contributed by atoms with Crippen molar-refractivity contribution in [1.82, 2.24) is 19.4 Å². The van der Waals surface area contributed by atoms with Gasteiger partial charge in [-0.1, -0.05) is 29.8 Å². The zero-order valence-corrected chi connectivity index (χ0v) is 19.1. The molecule has 1 aromatic carbocycles. The van der Waals surface area contributed by atoms with Crippen LogP contribution < -0.4 is 5.56 Å². The van der Waals surface area contributed by atoms with Crippen molar-refractivity contribution in [2.75, 3.05) is 26.2 Å². The van der Waals surface area contributed by atoms with Gasteiger partial charge in [0.1, 0.15) is 4.83 Å². The number of carbonyl (C=O) groups excluding carboxylic acids is 1. The fourth-order valence-electron chi connectivity index (χ4n) is 4.82. The van der Waals surface area contributed by atoms with Gasteiger partial charge in [-0.3, -0.25) is 19.1 Å². The fraction of sp³-hybridized carbons (Fsp3) is 0.435. The van der Waals surface area contributed by atoms with Crippen molar-refractivity contribution in [2.24, 2.45) is 0 Å². The summed E-state index contributed by atoms with van der Waals surface area (Å²) in [5.41, 5.74) is 2.13. The van der Waals surface area contributed by atoms with E-state index in [4.69, 9.17) is 11.6 Å². The largest absolute Gasteiger partial charge is 0.340 e. The molecule has 5 rings (SSSR count). The van der Waals surface area contributed by atoms with Crippen LogP contribution in [0, 0.1) is 0 Å². The number of amides is 1. The predicted octanol–water partition coefficient (Wildman–Crippen LogP) is 3.18. The average molecular weight is 457 g/mol. The second kappa shape index (κ2) is 8.37. The number of halogens is 1. The summed E-state index contributed by atoms with van der Waals surface area (Å²) >= 11 is 7.96. The van der Waals surface area contributed by atoms with Gasteiger partial charge in [-0.2, -0.15) is 0 Å². The van der Waals surface area contributed by atoms with Crippen LogP contribution >= 0.6 is 22.9 Å². The Bertz CT molecular complexity index is 1200. The molecule has 1 fully saturated rings. The number of thiophene rings is 1. The molecule has 3 heterocycles. The minimum absolute atomic E-state index is 0.0240. The summed E-state index contributed by atoms with van der Waals surface area (Å²) in [6, 6.07) is 8.08. The molecule has 2 aromatic heterocycles. The van der Waals surface area contributed by atoms with E-state index in [0.29, 0.717) is 17.6 Å². The number of fused-ring (bicyclic) bond motifs is 3. The first-order valence-electron chi connectivity index (χ1n) is 10.7. The summed E-state index contributed by atoms with van der Waals surface area (Å²) in [4.78, 5) is 36.1. The quantitative estimate of drug-likeness (QED) is 0.607. The third kappa shape index (κ3) is 3.90. The molecule has 0 unspecified atom stereocenters. The third-order valence-electron chi connectivity index (χ3n) is 6.58. The fourth-order valence-corrected chi connectivity index (χ4v) is 6.26. The highest BCUT2D eigenvalue weighted by Gasteiger charge is 2.30. The van der Waals surface area contributed by atoms with Crippen molar-refractivity contribution in [1.29, 1.82) is 0 Å². The SMILES string of the molecule is CC(=O)N1CCN([C@H]2CCc3c(sc4ncn(Cc5ccccc5Cl)c(=O)c34)C2)CC1. The number of aromatic nitrogens is 2. The Balaban J connectivity index is 1.39. The second-order valence-corrected chi connectivity index (χ2v) is 9.88. The monoisotopic (exact) mass is 456 g/mol. The van der Waals surface area contributed by atoms with Gasteiger partial charge in [0.2, 0.25) is 5.91 Å². The first-order valence-corrected chi connectivity index (χ1v) is 11.9. The molecule has 31 heavy (non-hydrogen) atoms. The van der Waals surface area contributed by atoms with Crippen LogP contribution in [0.5, 0.6) is 0 Å². The van der Waals surface area contributed by atoms with Gasteiger partial charge in [0.25, 0.3) is 5.56 Å². The van der Waals surface area contributed by atoms with Crippen LogP contribution in [0.4, 0.5) is 0 Å². The highest BCUT2D eigenvalue weighted by Crippen LogP contribution is 2.35. The molecule has 162 valence electrons. The lowest BCUT2D eigenvalue weighted by Crippen LogP contribution is -2.52. The van der Waals surface area contributed by atoms with Crippen molar-refractivity contribution in [3.8, 4) is 0 Å². The number of aryl methyl sites for hydroxylation is 1.